The first-order chi connectivity index (χ1) is 19.8. The van der Waals surface area contributed by atoms with E-state index in [2.05, 4.69) is 49.7 Å². The van der Waals surface area contributed by atoms with Crippen molar-refractivity contribution in [2.75, 3.05) is 51.4 Å². The normalized spacial score (nSPS) is 13.0. The van der Waals surface area contributed by atoms with E-state index in [1.165, 1.54) is 7.11 Å². The zero-order chi connectivity index (χ0) is 29.8. The quantitative estimate of drug-likeness (QED) is 0.286. The molecule has 5 rings (SSSR count). The van der Waals surface area contributed by atoms with Gasteiger partial charge in [-0.1, -0.05) is 26.3 Å². The van der Waals surface area contributed by atoms with E-state index in [9.17, 15) is 0 Å². The second-order valence-electron chi connectivity index (χ2n) is 9.71. The predicted octanol–water partition coefficient (Wildman–Crippen LogP) is 4.60. The molecular formula is C31H41N5O5. The number of fused-ring (bicyclic) bond motifs is 2. The van der Waals surface area contributed by atoms with Crippen LogP contribution in [0.25, 0.3) is 22.0 Å². The fourth-order valence-electron chi connectivity index (χ4n) is 4.03. The number of aromatic nitrogens is 3. The number of benzene rings is 2. The van der Waals surface area contributed by atoms with E-state index in [1.807, 2.05) is 44.3 Å². The van der Waals surface area contributed by atoms with Crippen LogP contribution in [0, 0.1) is 12.8 Å². The maximum absolute atomic E-state index is 8.33. The molecule has 41 heavy (non-hydrogen) atoms. The van der Waals surface area contributed by atoms with Crippen molar-refractivity contribution in [3.05, 3.63) is 66.1 Å². The van der Waals surface area contributed by atoms with Gasteiger partial charge in [0.2, 0.25) is 0 Å². The molecule has 0 fully saturated rings. The highest BCUT2D eigenvalue weighted by Gasteiger charge is 2.20. The van der Waals surface area contributed by atoms with Crippen molar-refractivity contribution < 1.29 is 24.4 Å². The second kappa shape index (κ2) is 15.7. The average Bonchev–Trinajstić information content (AvgIpc) is 3.23. The third-order valence-corrected chi connectivity index (χ3v) is 6.75. The van der Waals surface area contributed by atoms with E-state index in [1.54, 1.807) is 13.4 Å². The van der Waals surface area contributed by atoms with Crippen LogP contribution in [0.5, 0.6) is 11.5 Å². The Kier molecular flexibility index (Phi) is 12.1. The summed E-state index contributed by atoms with van der Waals surface area (Å²) in [6.45, 7) is 8.21. The van der Waals surface area contributed by atoms with Gasteiger partial charge in [0, 0.05) is 49.0 Å². The van der Waals surface area contributed by atoms with Crippen molar-refractivity contribution in [1.82, 2.24) is 15.0 Å². The summed E-state index contributed by atoms with van der Waals surface area (Å²) in [5.74, 6) is 3.61. The number of anilines is 2. The van der Waals surface area contributed by atoms with Crippen LogP contribution in [0.1, 0.15) is 31.4 Å². The maximum Gasteiger partial charge on any atom is 0.143 e. The molecule has 3 heterocycles. The molecule has 10 nitrogen and oxygen atoms in total. The number of nitrogens with two attached hydrogens (primary N) is 1. The Bertz CT molecular complexity index is 1390. The molecule has 2 aromatic carbocycles. The highest BCUT2D eigenvalue weighted by Crippen LogP contribution is 2.33. The van der Waals surface area contributed by atoms with Crippen molar-refractivity contribution in [2.24, 2.45) is 5.92 Å². The number of hydrogen-bond acceptors (Lipinski definition) is 10. The van der Waals surface area contributed by atoms with E-state index < -0.39 is 0 Å². The van der Waals surface area contributed by atoms with Gasteiger partial charge in [-0.05, 0) is 54.3 Å². The zero-order valence-electron chi connectivity index (χ0n) is 24.5. The topological polar surface area (TPSA) is 136 Å². The number of nitrogen functional groups attached to an aromatic ring is 1. The largest absolute Gasteiger partial charge is 0.497 e. The van der Waals surface area contributed by atoms with Crippen molar-refractivity contribution >= 4 is 22.5 Å². The summed E-state index contributed by atoms with van der Waals surface area (Å²) in [4.78, 5) is 15.6. The minimum absolute atomic E-state index is 0.181. The number of aliphatic hydroxyl groups is 2. The van der Waals surface area contributed by atoms with Gasteiger partial charge in [-0.2, -0.15) is 0 Å². The minimum Gasteiger partial charge on any atom is -0.497 e. The smallest absolute Gasteiger partial charge is 0.143 e. The van der Waals surface area contributed by atoms with Gasteiger partial charge in [-0.15, -0.1) is 0 Å². The molecule has 10 heteroatoms. The second-order valence-corrected chi connectivity index (χ2v) is 9.71. The fourth-order valence-corrected chi connectivity index (χ4v) is 4.03. The summed E-state index contributed by atoms with van der Waals surface area (Å²) in [6.07, 6.45) is 4.49. The van der Waals surface area contributed by atoms with Gasteiger partial charge in [0.25, 0.3) is 0 Å². The molecule has 0 saturated heterocycles. The molecule has 0 aliphatic carbocycles. The number of aryl methyl sites for hydroxylation is 1. The van der Waals surface area contributed by atoms with E-state index in [0.29, 0.717) is 31.5 Å². The highest BCUT2D eigenvalue weighted by molar-refractivity contribution is 5.90. The third-order valence-electron chi connectivity index (χ3n) is 6.75. The van der Waals surface area contributed by atoms with E-state index >= 15 is 0 Å². The molecule has 0 radical (unpaired) electrons. The van der Waals surface area contributed by atoms with Crippen molar-refractivity contribution in [3.8, 4) is 22.6 Å². The van der Waals surface area contributed by atoms with Gasteiger partial charge in [-0.3, -0.25) is 0 Å². The summed E-state index contributed by atoms with van der Waals surface area (Å²) in [5, 5.41) is 17.0. The van der Waals surface area contributed by atoms with Crippen molar-refractivity contribution in [1.29, 1.82) is 0 Å². The average molecular weight is 564 g/mol. The molecule has 220 valence electrons. The van der Waals surface area contributed by atoms with Gasteiger partial charge in [0.1, 0.15) is 42.9 Å². The molecule has 4 N–H and O–H groups in total. The summed E-state index contributed by atoms with van der Waals surface area (Å²) >= 11 is 0. The summed E-state index contributed by atoms with van der Waals surface area (Å²) in [5.41, 5.74) is 10.9. The van der Waals surface area contributed by atoms with E-state index in [4.69, 9.17) is 25.4 Å². The number of aliphatic hydroxyl groups excluding tert-OH is 2. The Morgan fingerprint density at radius 2 is 1.83 bits per heavy atom. The number of pyridine rings is 1. The molecule has 0 spiro atoms. The van der Waals surface area contributed by atoms with Crippen LogP contribution in [0.3, 0.4) is 0 Å². The number of methoxy groups -OCH3 is 2. The molecule has 0 amide bonds. The van der Waals surface area contributed by atoms with Crippen LogP contribution in [0.4, 0.5) is 11.6 Å². The first kappa shape index (κ1) is 31.5. The standard InChI is InChI=1S/C24H23N5O2.C5H12O.C2H6O2/c1-15-9-17(12-26-23(15)25)16-3-6-22-18(10-16)13-29(7-8-31-22)24-20-5-4-19(30-2)11-21(20)27-14-28-24;1-3-5(2)4-6;1-4-2-3/h3-6,9-12,14H,7-8,13H2,1-2H3,(H2,25,26);5-6H,3-4H2,1-2H3;3H,2H2,1H3/t;5-;/m.1./s1. The van der Waals surface area contributed by atoms with E-state index in [-0.39, 0.29) is 6.79 Å². The van der Waals surface area contributed by atoms with Crippen LogP contribution >= 0.6 is 0 Å². The SMILES string of the molecule is CC[C@@H](C)CO.COCO.COc1ccc2c(N3CCOc4ccc(-c5cnc(N)c(C)c5)cc4C3)ncnc2c1. The zero-order valence-corrected chi connectivity index (χ0v) is 24.5. The summed E-state index contributed by atoms with van der Waals surface area (Å²) < 4.78 is 15.5. The molecule has 4 aromatic rings. The van der Waals surface area contributed by atoms with Crippen LogP contribution in [-0.2, 0) is 11.3 Å². The summed E-state index contributed by atoms with van der Waals surface area (Å²) in [6, 6.07) is 14.2. The van der Waals surface area contributed by atoms with Crippen LogP contribution in [0.2, 0.25) is 0 Å². The van der Waals surface area contributed by atoms with Gasteiger partial charge in [0.05, 0.1) is 19.2 Å². The monoisotopic (exact) mass is 563 g/mol. The molecule has 0 saturated carbocycles. The molecule has 1 aliphatic rings. The van der Waals surface area contributed by atoms with Gasteiger partial charge in [-0.25, -0.2) is 15.0 Å². The van der Waals surface area contributed by atoms with Crippen LogP contribution in [-0.4, -0.2) is 65.9 Å². The minimum atomic E-state index is -0.181. The van der Waals surface area contributed by atoms with Gasteiger partial charge in [0.15, 0.2) is 0 Å². The Hall–Kier alpha value is -3.99. The molecular weight excluding hydrogens is 522 g/mol. The van der Waals surface area contributed by atoms with Crippen LogP contribution < -0.4 is 20.1 Å². The van der Waals surface area contributed by atoms with Crippen molar-refractivity contribution in [3.63, 3.8) is 0 Å². The molecule has 1 atom stereocenters. The fraction of sp³-hybridized carbons (Fsp3) is 0.387. The lowest BCUT2D eigenvalue weighted by Gasteiger charge is -2.22. The number of ether oxygens (including phenoxy) is 3. The third kappa shape index (κ3) is 8.50. The Balaban J connectivity index is 0.000000400. The molecule has 2 aromatic heterocycles. The molecule has 1 aliphatic heterocycles. The molecule has 0 bridgehead atoms. The van der Waals surface area contributed by atoms with Gasteiger partial charge < -0.3 is 35.1 Å². The van der Waals surface area contributed by atoms with Gasteiger partial charge >= 0.3 is 0 Å². The number of nitrogens with zero attached hydrogens (tertiary/aromatic N) is 4. The Labute approximate surface area is 241 Å². The first-order valence-electron chi connectivity index (χ1n) is 13.6. The van der Waals surface area contributed by atoms with Crippen molar-refractivity contribution in [2.45, 2.75) is 33.7 Å². The number of hydrogen-bond donors (Lipinski definition) is 3. The Morgan fingerprint density at radius 1 is 1.05 bits per heavy atom. The van der Waals surface area contributed by atoms with Crippen LogP contribution in [0.15, 0.2) is 55.0 Å². The Morgan fingerprint density at radius 3 is 2.46 bits per heavy atom. The summed E-state index contributed by atoms with van der Waals surface area (Å²) in [7, 11) is 3.09. The lowest BCUT2D eigenvalue weighted by molar-refractivity contribution is 0.0325. The first-order valence-corrected chi connectivity index (χ1v) is 13.6. The maximum atomic E-state index is 8.33. The predicted molar refractivity (Wildman–Crippen MR) is 162 cm³/mol. The molecule has 0 unspecified atom stereocenters. The number of rotatable bonds is 6. The van der Waals surface area contributed by atoms with E-state index in [0.717, 1.165) is 63.4 Å². The highest BCUT2D eigenvalue weighted by atomic mass is 16.6. The lowest BCUT2D eigenvalue weighted by atomic mass is 10.0. The lowest BCUT2D eigenvalue weighted by Crippen LogP contribution is -2.26.